The summed E-state index contributed by atoms with van der Waals surface area (Å²) < 4.78 is 5.63. The maximum absolute atomic E-state index is 5.63. The molecule has 20 heavy (non-hydrogen) atoms. The maximum atomic E-state index is 5.63. The van der Waals surface area contributed by atoms with Gasteiger partial charge in [-0.05, 0) is 38.5 Å². The minimum atomic E-state index is 0.449. The fourth-order valence-electron chi connectivity index (χ4n) is 2.52. The standard InChI is InChI=1S/C16H31N3O/c1-4-5-6-7-8-13-19(3)16(17-2)18-12-11-15-10-9-14-20-15/h4,15H,1,5-14H2,2-3H3,(H,17,18). The number of ether oxygens (including phenoxy) is 1. The minimum Gasteiger partial charge on any atom is -0.378 e. The van der Waals surface area contributed by atoms with Gasteiger partial charge in [0.2, 0.25) is 0 Å². The SMILES string of the molecule is C=CCCCCCN(C)C(=NC)NCCC1CCCO1. The third-order valence-electron chi connectivity index (χ3n) is 3.75. The van der Waals surface area contributed by atoms with Gasteiger partial charge in [0, 0.05) is 33.8 Å². The summed E-state index contributed by atoms with van der Waals surface area (Å²) in [5.74, 6) is 0.992. The van der Waals surface area contributed by atoms with Crippen LogP contribution in [0.2, 0.25) is 0 Å². The van der Waals surface area contributed by atoms with Crippen molar-refractivity contribution in [2.45, 2.75) is 51.0 Å². The molecule has 1 atom stereocenters. The highest BCUT2D eigenvalue weighted by Crippen LogP contribution is 2.14. The van der Waals surface area contributed by atoms with E-state index in [1.165, 1.54) is 32.1 Å². The second-order valence-electron chi connectivity index (χ2n) is 5.46. The number of unbranched alkanes of at least 4 members (excludes halogenated alkanes) is 3. The molecule has 1 saturated heterocycles. The van der Waals surface area contributed by atoms with Crippen LogP contribution in [-0.4, -0.2) is 50.8 Å². The van der Waals surface area contributed by atoms with E-state index >= 15 is 0 Å². The Hall–Kier alpha value is -1.03. The number of aliphatic imine (C=N–C) groups is 1. The van der Waals surface area contributed by atoms with Crippen LogP contribution in [0.25, 0.3) is 0 Å². The Morgan fingerprint density at radius 2 is 2.30 bits per heavy atom. The van der Waals surface area contributed by atoms with Gasteiger partial charge in [-0.3, -0.25) is 4.99 Å². The van der Waals surface area contributed by atoms with Crippen LogP contribution < -0.4 is 5.32 Å². The first-order valence-electron chi connectivity index (χ1n) is 7.92. The topological polar surface area (TPSA) is 36.9 Å². The Bertz CT molecular complexity index is 285. The summed E-state index contributed by atoms with van der Waals surface area (Å²) in [5.41, 5.74) is 0. The van der Waals surface area contributed by atoms with Crippen molar-refractivity contribution < 1.29 is 4.74 Å². The van der Waals surface area contributed by atoms with E-state index in [-0.39, 0.29) is 0 Å². The highest BCUT2D eigenvalue weighted by atomic mass is 16.5. The molecule has 0 bridgehead atoms. The van der Waals surface area contributed by atoms with Crippen LogP contribution in [0.3, 0.4) is 0 Å². The second-order valence-corrected chi connectivity index (χ2v) is 5.46. The van der Waals surface area contributed by atoms with Crippen LogP contribution in [0, 0.1) is 0 Å². The van der Waals surface area contributed by atoms with Crippen molar-refractivity contribution in [3.05, 3.63) is 12.7 Å². The number of nitrogens with zero attached hydrogens (tertiary/aromatic N) is 2. The Balaban J connectivity index is 2.11. The van der Waals surface area contributed by atoms with Gasteiger partial charge >= 0.3 is 0 Å². The molecule has 1 unspecified atom stereocenters. The van der Waals surface area contributed by atoms with Crippen LogP contribution in [0.15, 0.2) is 17.6 Å². The number of allylic oxidation sites excluding steroid dienone is 1. The predicted molar refractivity (Wildman–Crippen MR) is 86.2 cm³/mol. The Morgan fingerprint density at radius 1 is 1.45 bits per heavy atom. The van der Waals surface area contributed by atoms with E-state index in [4.69, 9.17) is 4.74 Å². The van der Waals surface area contributed by atoms with Crippen molar-refractivity contribution in [3.8, 4) is 0 Å². The van der Waals surface area contributed by atoms with Gasteiger partial charge in [-0.25, -0.2) is 0 Å². The molecular formula is C16H31N3O. The quantitative estimate of drug-likeness (QED) is 0.306. The molecule has 0 amide bonds. The molecule has 1 rings (SSSR count). The number of nitrogens with one attached hydrogen (secondary N) is 1. The summed E-state index contributed by atoms with van der Waals surface area (Å²) in [7, 11) is 3.96. The minimum absolute atomic E-state index is 0.449. The summed E-state index contributed by atoms with van der Waals surface area (Å²) in [4.78, 5) is 6.55. The molecule has 0 aromatic carbocycles. The monoisotopic (exact) mass is 281 g/mol. The van der Waals surface area contributed by atoms with Gasteiger partial charge in [-0.15, -0.1) is 6.58 Å². The molecule has 1 heterocycles. The van der Waals surface area contributed by atoms with Gasteiger partial charge in [-0.1, -0.05) is 12.5 Å². The first-order valence-corrected chi connectivity index (χ1v) is 7.92. The normalized spacial score (nSPS) is 19.1. The molecule has 0 radical (unpaired) electrons. The van der Waals surface area contributed by atoms with Gasteiger partial charge in [0.1, 0.15) is 0 Å². The molecule has 0 aliphatic carbocycles. The predicted octanol–water partition coefficient (Wildman–Crippen LogP) is 2.81. The molecule has 1 N–H and O–H groups in total. The first-order chi connectivity index (χ1) is 9.77. The number of guanidine groups is 1. The first kappa shape index (κ1) is 17.0. The van der Waals surface area contributed by atoms with E-state index in [2.05, 4.69) is 28.8 Å². The van der Waals surface area contributed by atoms with Crippen LogP contribution in [0.4, 0.5) is 0 Å². The third-order valence-corrected chi connectivity index (χ3v) is 3.75. The van der Waals surface area contributed by atoms with Gasteiger partial charge in [0.05, 0.1) is 6.10 Å². The summed E-state index contributed by atoms with van der Waals surface area (Å²) in [6.45, 7) is 6.68. The van der Waals surface area contributed by atoms with E-state index in [1.807, 2.05) is 13.1 Å². The molecule has 1 aliphatic rings. The maximum Gasteiger partial charge on any atom is 0.193 e. The van der Waals surface area contributed by atoms with E-state index < -0.39 is 0 Å². The zero-order valence-electron chi connectivity index (χ0n) is 13.2. The molecule has 0 aromatic heterocycles. The van der Waals surface area contributed by atoms with Crippen molar-refractivity contribution in [1.29, 1.82) is 0 Å². The largest absolute Gasteiger partial charge is 0.378 e. The summed E-state index contributed by atoms with van der Waals surface area (Å²) in [6.07, 6.45) is 10.8. The number of hydrogen-bond donors (Lipinski definition) is 1. The lowest BCUT2D eigenvalue weighted by molar-refractivity contribution is 0.105. The highest BCUT2D eigenvalue weighted by molar-refractivity contribution is 5.79. The average Bonchev–Trinajstić information content (AvgIpc) is 2.96. The fourth-order valence-corrected chi connectivity index (χ4v) is 2.52. The van der Waals surface area contributed by atoms with E-state index in [0.717, 1.165) is 38.5 Å². The molecule has 0 aromatic rings. The average molecular weight is 281 g/mol. The second kappa shape index (κ2) is 10.7. The molecule has 116 valence electrons. The lowest BCUT2D eigenvalue weighted by Crippen LogP contribution is -2.40. The van der Waals surface area contributed by atoms with Crippen LogP contribution in [-0.2, 0) is 4.74 Å². The van der Waals surface area contributed by atoms with Crippen LogP contribution in [0.5, 0.6) is 0 Å². The van der Waals surface area contributed by atoms with Crippen molar-refractivity contribution in [2.24, 2.45) is 4.99 Å². The Labute approximate surface area is 124 Å². The van der Waals surface area contributed by atoms with E-state index in [9.17, 15) is 0 Å². The summed E-state index contributed by atoms with van der Waals surface area (Å²) in [6, 6.07) is 0. The summed E-state index contributed by atoms with van der Waals surface area (Å²) >= 11 is 0. The summed E-state index contributed by atoms with van der Waals surface area (Å²) in [5, 5.41) is 3.43. The van der Waals surface area contributed by atoms with Gasteiger partial charge < -0.3 is 15.0 Å². The van der Waals surface area contributed by atoms with Crippen LogP contribution >= 0.6 is 0 Å². The molecule has 4 nitrogen and oxygen atoms in total. The van der Waals surface area contributed by atoms with Gasteiger partial charge in [0.15, 0.2) is 5.96 Å². The fraction of sp³-hybridized carbons (Fsp3) is 0.812. The van der Waals surface area contributed by atoms with Crippen molar-refractivity contribution in [3.63, 3.8) is 0 Å². The molecule has 0 saturated carbocycles. The molecule has 4 heteroatoms. The molecule has 1 fully saturated rings. The zero-order valence-corrected chi connectivity index (χ0v) is 13.2. The molecule has 0 spiro atoms. The van der Waals surface area contributed by atoms with E-state index in [0.29, 0.717) is 6.10 Å². The van der Waals surface area contributed by atoms with Crippen molar-refractivity contribution in [1.82, 2.24) is 10.2 Å². The van der Waals surface area contributed by atoms with Gasteiger partial charge in [0.25, 0.3) is 0 Å². The Kier molecular flexibility index (Phi) is 9.13. The van der Waals surface area contributed by atoms with Gasteiger partial charge in [-0.2, -0.15) is 0 Å². The highest BCUT2D eigenvalue weighted by Gasteiger charge is 2.15. The number of rotatable bonds is 9. The smallest absolute Gasteiger partial charge is 0.193 e. The molecule has 1 aliphatic heterocycles. The van der Waals surface area contributed by atoms with E-state index in [1.54, 1.807) is 0 Å². The van der Waals surface area contributed by atoms with Crippen LogP contribution in [0.1, 0.15) is 44.9 Å². The lowest BCUT2D eigenvalue weighted by atomic mass is 10.2. The Morgan fingerprint density at radius 3 is 2.95 bits per heavy atom. The number of hydrogen-bond acceptors (Lipinski definition) is 2. The lowest BCUT2D eigenvalue weighted by Gasteiger charge is -2.22. The molecular weight excluding hydrogens is 250 g/mol. The van der Waals surface area contributed by atoms with Crippen molar-refractivity contribution >= 4 is 5.96 Å². The zero-order chi connectivity index (χ0) is 14.6. The third kappa shape index (κ3) is 6.94. The van der Waals surface area contributed by atoms with Crippen molar-refractivity contribution in [2.75, 3.05) is 33.8 Å².